The first-order valence-electron chi connectivity index (χ1n) is 7.17. The Kier molecular flexibility index (Phi) is 4.83. The van der Waals surface area contributed by atoms with Gasteiger partial charge in [0.25, 0.3) is 0 Å². The third kappa shape index (κ3) is 3.59. The molecule has 4 nitrogen and oxygen atoms in total. The van der Waals surface area contributed by atoms with Crippen molar-refractivity contribution in [3.63, 3.8) is 0 Å². The second-order valence-corrected chi connectivity index (χ2v) is 7.80. The van der Waals surface area contributed by atoms with Gasteiger partial charge in [-0.2, -0.15) is 4.31 Å². The zero-order chi connectivity index (χ0) is 14.8. The Morgan fingerprint density at radius 1 is 1.20 bits per heavy atom. The van der Waals surface area contributed by atoms with E-state index in [0.717, 1.165) is 24.1 Å². The molecule has 112 valence electrons. The van der Waals surface area contributed by atoms with Crippen molar-refractivity contribution in [2.75, 3.05) is 20.1 Å². The summed E-state index contributed by atoms with van der Waals surface area (Å²) in [4.78, 5) is 0.397. The third-order valence-corrected chi connectivity index (χ3v) is 5.59. The number of rotatable bonds is 4. The molecule has 1 aromatic carbocycles. The van der Waals surface area contributed by atoms with Crippen molar-refractivity contribution in [3.8, 4) is 0 Å². The van der Waals surface area contributed by atoms with Crippen molar-refractivity contribution in [1.29, 1.82) is 0 Å². The van der Waals surface area contributed by atoms with E-state index in [4.69, 9.17) is 0 Å². The summed E-state index contributed by atoms with van der Waals surface area (Å²) in [6, 6.07) is 5.75. The van der Waals surface area contributed by atoms with Gasteiger partial charge < -0.3 is 5.32 Å². The Bertz CT molecular complexity index is 543. The van der Waals surface area contributed by atoms with Crippen molar-refractivity contribution in [2.24, 2.45) is 0 Å². The molecule has 1 aromatic rings. The van der Waals surface area contributed by atoms with E-state index in [0.29, 0.717) is 11.4 Å². The van der Waals surface area contributed by atoms with Gasteiger partial charge in [0, 0.05) is 19.6 Å². The van der Waals surface area contributed by atoms with E-state index in [9.17, 15) is 8.42 Å². The van der Waals surface area contributed by atoms with Gasteiger partial charge in [-0.05, 0) is 56.5 Å². The molecule has 0 spiro atoms. The lowest BCUT2D eigenvalue weighted by Crippen LogP contribution is -2.44. The molecule has 0 amide bonds. The predicted octanol–water partition coefficient (Wildman–Crippen LogP) is 2.07. The highest BCUT2D eigenvalue weighted by Gasteiger charge is 2.24. The van der Waals surface area contributed by atoms with Gasteiger partial charge in [-0.3, -0.25) is 0 Å². The van der Waals surface area contributed by atoms with Gasteiger partial charge in [-0.15, -0.1) is 0 Å². The molecule has 20 heavy (non-hydrogen) atoms. The van der Waals surface area contributed by atoms with Crippen molar-refractivity contribution < 1.29 is 8.42 Å². The van der Waals surface area contributed by atoms with Crippen LogP contribution < -0.4 is 5.32 Å². The van der Waals surface area contributed by atoms with Crippen molar-refractivity contribution >= 4 is 10.0 Å². The standard InChI is InChI=1S/C15H24N2O2S/c1-12-8-13(2)10-15(9-12)20(18,19)17(3)11-14-6-4-5-7-16-14/h8-10,14,16H,4-7,11H2,1-3H3. The normalized spacial score (nSPS) is 20.3. The predicted molar refractivity (Wildman–Crippen MR) is 81.4 cm³/mol. The number of likely N-dealkylation sites (N-methyl/N-ethyl adjacent to an activating group) is 1. The molecule has 0 aliphatic carbocycles. The Morgan fingerprint density at radius 3 is 2.40 bits per heavy atom. The molecule has 5 heteroatoms. The van der Waals surface area contributed by atoms with Gasteiger partial charge in [-0.1, -0.05) is 12.5 Å². The van der Waals surface area contributed by atoms with Gasteiger partial charge in [0.05, 0.1) is 4.90 Å². The lowest BCUT2D eigenvalue weighted by molar-refractivity contribution is 0.337. The Morgan fingerprint density at radius 2 is 1.85 bits per heavy atom. The topological polar surface area (TPSA) is 49.4 Å². The second-order valence-electron chi connectivity index (χ2n) is 5.76. The van der Waals surface area contributed by atoms with E-state index >= 15 is 0 Å². The number of sulfonamides is 1. The van der Waals surface area contributed by atoms with E-state index < -0.39 is 10.0 Å². The largest absolute Gasteiger partial charge is 0.313 e. The highest BCUT2D eigenvalue weighted by Crippen LogP contribution is 2.19. The Labute approximate surface area is 122 Å². The summed E-state index contributed by atoms with van der Waals surface area (Å²) in [7, 11) is -1.72. The first kappa shape index (κ1) is 15.5. The fourth-order valence-corrected chi connectivity index (χ4v) is 4.16. The average Bonchev–Trinajstić information content (AvgIpc) is 2.38. The number of aryl methyl sites for hydroxylation is 2. The highest BCUT2D eigenvalue weighted by molar-refractivity contribution is 7.89. The monoisotopic (exact) mass is 296 g/mol. The van der Waals surface area contributed by atoms with E-state index in [-0.39, 0.29) is 6.04 Å². The summed E-state index contributed by atoms with van der Waals surface area (Å²) >= 11 is 0. The number of nitrogens with one attached hydrogen (secondary N) is 1. The van der Waals surface area contributed by atoms with Gasteiger partial charge in [0.15, 0.2) is 0 Å². The molecule has 1 heterocycles. The zero-order valence-corrected chi connectivity index (χ0v) is 13.3. The molecule has 1 aliphatic heterocycles. The van der Waals surface area contributed by atoms with Crippen LogP contribution in [0.2, 0.25) is 0 Å². The van der Waals surface area contributed by atoms with Crippen LogP contribution in [0.25, 0.3) is 0 Å². The summed E-state index contributed by atoms with van der Waals surface area (Å²) in [5.74, 6) is 0. The number of piperidine rings is 1. The van der Waals surface area contributed by atoms with E-state index in [1.165, 1.54) is 17.1 Å². The van der Waals surface area contributed by atoms with Crippen LogP contribution >= 0.6 is 0 Å². The fraction of sp³-hybridized carbons (Fsp3) is 0.600. The molecule has 0 radical (unpaired) electrons. The second kappa shape index (κ2) is 6.24. The van der Waals surface area contributed by atoms with Crippen LogP contribution in [0.15, 0.2) is 23.1 Å². The minimum absolute atomic E-state index is 0.273. The van der Waals surface area contributed by atoms with Crippen LogP contribution in [-0.2, 0) is 10.0 Å². The first-order valence-corrected chi connectivity index (χ1v) is 8.61. The summed E-state index contributed by atoms with van der Waals surface area (Å²) in [6.07, 6.45) is 3.41. The maximum Gasteiger partial charge on any atom is 0.242 e. The van der Waals surface area contributed by atoms with Crippen LogP contribution in [-0.4, -0.2) is 38.9 Å². The van der Waals surface area contributed by atoms with Crippen molar-refractivity contribution in [3.05, 3.63) is 29.3 Å². The molecule has 1 aliphatic rings. The van der Waals surface area contributed by atoms with Crippen LogP contribution in [0, 0.1) is 13.8 Å². The first-order chi connectivity index (χ1) is 9.39. The summed E-state index contributed by atoms with van der Waals surface area (Å²) < 4.78 is 26.7. The smallest absolute Gasteiger partial charge is 0.242 e. The highest BCUT2D eigenvalue weighted by atomic mass is 32.2. The van der Waals surface area contributed by atoms with E-state index in [1.807, 2.05) is 19.9 Å². The molecule has 1 unspecified atom stereocenters. The van der Waals surface area contributed by atoms with Gasteiger partial charge >= 0.3 is 0 Å². The van der Waals surface area contributed by atoms with Gasteiger partial charge in [0.1, 0.15) is 0 Å². The SMILES string of the molecule is Cc1cc(C)cc(S(=O)(=O)N(C)CC2CCCCN2)c1. The molecule has 0 bridgehead atoms. The zero-order valence-electron chi connectivity index (χ0n) is 12.5. The maximum atomic E-state index is 12.6. The molecule has 1 saturated heterocycles. The van der Waals surface area contributed by atoms with Crippen LogP contribution in [0.3, 0.4) is 0 Å². The average molecular weight is 296 g/mol. The van der Waals surface area contributed by atoms with Crippen molar-refractivity contribution in [2.45, 2.75) is 44.0 Å². The number of benzene rings is 1. The van der Waals surface area contributed by atoms with E-state index in [2.05, 4.69) is 5.32 Å². The lowest BCUT2D eigenvalue weighted by atomic mass is 10.1. The maximum absolute atomic E-state index is 12.6. The fourth-order valence-electron chi connectivity index (χ4n) is 2.75. The summed E-state index contributed by atoms with van der Waals surface area (Å²) in [6.45, 7) is 5.38. The quantitative estimate of drug-likeness (QED) is 0.925. The van der Waals surface area contributed by atoms with Crippen molar-refractivity contribution in [1.82, 2.24) is 9.62 Å². The van der Waals surface area contributed by atoms with Gasteiger partial charge in [-0.25, -0.2) is 8.42 Å². The van der Waals surface area contributed by atoms with Crippen LogP contribution in [0.1, 0.15) is 30.4 Å². The molecule has 0 saturated carbocycles. The molecular weight excluding hydrogens is 272 g/mol. The molecule has 1 fully saturated rings. The molecule has 1 N–H and O–H groups in total. The molecule has 1 atom stereocenters. The minimum atomic E-state index is -3.39. The number of nitrogens with zero attached hydrogens (tertiary/aromatic N) is 1. The minimum Gasteiger partial charge on any atom is -0.313 e. The summed E-state index contributed by atoms with van der Waals surface area (Å²) in [5.41, 5.74) is 1.96. The lowest BCUT2D eigenvalue weighted by Gasteiger charge is -2.28. The Balaban J connectivity index is 2.15. The summed E-state index contributed by atoms with van der Waals surface area (Å²) in [5, 5.41) is 3.39. The molecule has 2 rings (SSSR count). The third-order valence-electron chi connectivity index (χ3n) is 3.79. The number of hydrogen-bond donors (Lipinski definition) is 1. The Hall–Kier alpha value is -0.910. The molecular formula is C15H24N2O2S. The van der Waals surface area contributed by atoms with Gasteiger partial charge in [0.2, 0.25) is 10.0 Å². The van der Waals surface area contributed by atoms with Crippen LogP contribution in [0.5, 0.6) is 0 Å². The van der Waals surface area contributed by atoms with Crippen LogP contribution in [0.4, 0.5) is 0 Å². The van der Waals surface area contributed by atoms with E-state index in [1.54, 1.807) is 19.2 Å². The number of hydrogen-bond acceptors (Lipinski definition) is 3. The molecule has 0 aromatic heterocycles.